The molecule has 6 nitrogen and oxygen atoms in total. The molecule has 0 spiro atoms. The molecule has 0 N–H and O–H groups in total. The quantitative estimate of drug-likeness (QED) is 0.850. The fourth-order valence-corrected chi connectivity index (χ4v) is 3.50. The second-order valence-electron chi connectivity index (χ2n) is 5.93. The normalized spacial score (nSPS) is 20.9. The first-order chi connectivity index (χ1) is 10.8. The Bertz CT molecular complexity index is 683. The fraction of sp³-hybridized carbons (Fsp3) is 0.500. The molecule has 1 saturated heterocycles. The van der Waals surface area contributed by atoms with Crippen LogP contribution in [0, 0.1) is 0 Å². The van der Waals surface area contributed by atoms with E-state index < -0.39 is 0 Å². The SMILES string of the molecule is O=C(c1noc2c1CCCC2)N1CCC[C@@H]1c1ccncn1. The van der Waals surface area contributed by atoms with E-state index in [4.69, 9.17) is 4.52 Å². The van der Waals surface area contributed by atoms with E-state index in [-0.39, 0.29) is 11.9 Å². The Morgan fingerprint density at radius 3 is 3.05 bits per heavy atom. The molecular formula is C16H18N4O2. The number of rotatable bonds is 2. The highest BCUT2D eigenvalue weighted by molar-refractivity contribution is 5.94. The summed E-state index contributed by atoms with van der Waals surface area (Å²) < 4.78 is 5.39. The van der Waals surface area contributed by atoms with Crippen molar-refractivity contribution in [1.82, 2.24) is 20.0 Å². The van der Waals surface area contributed by atoms with Crippen molar-refractivity contribution in [3.05, 3.63) is 41.3 Å². The summed E-state index contributed by atoms with van der Waals surface area (Å²) in [5, 5.41) is 4.07. The molecule has 0 aromatic carbocycles. The highest BCUT2D eigenvalue weighted by atomic mass is 16.5. The lowest BCUT2D eigenvalue weighted by atomic mass is 9.96. The Kier molecular flexibility index (Phi) is 3.36. The number of carbonyl (C=O) groups is 1. The van der Waals surface area contributed by atoms with Crippen LogP contribution in [0.25, 0.3) is 0 Å². The van der Waals surface area contributed by atoms with Crippen LogP contribution in [0.5, 0.6) is 0 Å². The molecule has 0 saturated carbocycles. The van der Waals surface area contributed by atoms with Gasteiger partial charge in [-0.15, -0.1) is 0 Å². The third-order valence-corrected chi connectivity index (χ3v) is 4.61. The summed E-state index contributed by atoms with van der Waals surface area (Å²) >= 11 is 0. The highest BCUT2D eigenvalue weighted by Crippen LogP contribution is 2.33. The van der Waals surface area contributed by atoms with Crippen LogP contribution in [-0.2, 0) is 12.8 Å². The Morgan fingerprint density at radius 1 is 1.27 bits per heavy atom. The highest BCUT2D eigenvalue weighted by Gasteiger charge is 2.35. The molecule has 0 bridgehead atoms. The molecule has 0 unspecified atom stereocenters. The number of hydrogen-bond acceptors (Lipinski definition) is 5. The Morgan fingerprint density at radius 2 is 2.18 bits per heavy atom. The molecule has 114 valence electrons. The number of hydrogen-bond donors (Lipinski definition) is 0. The fourth-order valence-electron chi connectivity index (χ4n) is 3.50. The summed E-state index contributed by atoms with van der Waals surface area (Å²) in [6.07, 6.45) is 9.18. The van der Waals surface area contributed by atoms with Crippen LogP contribution < -0.4 is 0 Å². The molecule has 4 rings (SSSR count). The Hall–Kier alpha value is -2.24. The Labute approximate surface area is 128 Å². The first-order valence-corrected chi connectivity index (χ1v) is 7.89. The molecule has 1 amide bonds. The average molecular weight is 298 g/mol. The molecular weight excluding hydrogens is 280 g/mol. The predicted molar refractivity (Wildman–Crippen MR) is 78.2 cm³/mol. The third kappa shape index (κ3) is 2.19. The van der Waals surface area contributed by atoms with Gasteiger partial charge in [-0.2, -0.15) is 0 Å². The zero-order chi connectivity index (χ0) is 14.9. The van der Waals surface area contributed by atoms with Crippen molar-refractivity contribution in [2.24, 2.45) is 0 Å². The Balaban J connectivity index is 1.63. The van der Waals surface area contributed by atoms with Crippen LogP contribution in [0.4, 0.5) is 0 Å². The van der Waals surface area contributed by atoms with Gasteiger partial charge in [0.1, 0.15) is 12.1 Å². The largest absolute Gasteiger partial charge is 0.360 e. The molecule has 1 aliphatic heterocycles. The summed E-state index contributed by atoms with van der Waals surface area (Å²) in [6.45, 7) is 0.745. The molecule has 1 aliphatic carbocycles. The van der Waals surface area contributed by atoms with Crippen LogP contribution in [0.3, 0.4) is 0 Å². The van der Waals surface area contributed by atoms with Crippen LogP contribution in [0.1, 0.15) is 59.2 Å². The van der Waals surface area contributed by atoms with Gasteiger partial charge in [-0.1, -0.05) is 5.16 Å². The molecule has 0 radical (unpaired) electrons. The topological polar surface area (TPSA) is 72.1 Å². The second kappa shape index (κ2) is 5.51. The lowest BCUT2D eigenvalue weighted by molar-refractivity contribution is 0.0721. The van der Waals surface area contributed by atoms with Crippen molar-refractivity contribution in [2.75, 3.05) is 6.54 Å². The number of nitrogens with zero attached hydrogens (tertiary/aromatic N) is 4. The monoisotopic (exact) mass is 298 g/mol. The third-order valence-electron chi connectivity index (χ3n) is 4.61. The van der Waals surface area contributed by atoms with Crippen molar-refractivity contribution in [1.29, 1.82) is 0 Å². The summed E-state index contributed by atoms with van der Waals surface area (Å²) in [7, 11) is 0. The maximum atomic E-state index is 12.9. The molecule has 22 heavy (non-hydrogen) atoms. The average Bonchev–Trinajstić information content (AvgIpc) is 3.22. The van der Waals surface area contributed by atoms with E-state index in [9.17, 15) is 4.79 Å². The summed E-state index contributed by atoms with van der Waals surface area (Å²) in [5.74, 6) is 0.875. The second-order valence-corrected chi connectivity index (χ2v) is 5.93. The summed E-state index contributed by atoms with van der Waals surface area (Å²) in [5.41, 5.74) is 2.43. The summed E-state index contributed by atoms with van der Waals surface area (Å²) in [4.78, 5) is 23.1. The van der Waals surface area contributed by atoms with Gasteiger partial charge in [0.2, 0.25) is 0 Å². The zero-order valence-corrected chi connectivity index (χ0v) is 12.4. The molecule has 1 fully saturated rings. The molecule has 1 atom stereocenters. The van der Waals surface area contributed by atoms with E-state index in [1.807, 2.05) is 11.0 Å². The zero-order valence-electron chi connectivity index (χ0n) is 12.4. The number of aromatic nitrogens is 3. The number of likely N-dealkylation sites (tertiary alicyclic amines) is 1. The maximum Gasteiger partial charge on any atom is 0.276 e. The molecule has 2 aromatic rings. The molecule has 3 heterocycles. The van der Waals surface area contributed by atoms with Gasteiger partial charge in [0.05, 0.1) is 11.7 Å². The molecule has 2 aromatic heterocycles. The van der Waals surface area contributed by atoms with Crippen molar-refractivity contribution < 1.29 is 9.32 Å². The van der Waals surface area contributed by atoms with E-state index >= 15 is 0 Å². The number of amides is 1. The van der Waals surface area contributed by atoms with Crippen molar-refractivity contribution >= 4 is 5.91 Å². The molecule has 2 aliphatic rings. The van der Waals surface area contributed by atoms with Gasteiger partial charge in [-0.05, 0) is 38.2 Å². The summed E-state index contributed by atoms with van der Waals surface area (Å²) in [6, 6.07) is 1.90. The van der Waals surface area contributed by atoms with E-state index in [2.05, 4.69) is 15.1 Å². The van der Waals surface area contributed by atoms with Crippen LogP contribution in [-0.4, -0.2) is 32.5 Å². The molecule has 6 heteroatoms. The number of carbonyl (C=O) groups excluding carboxylic acids is 1. The van der Waals surface area contributed by atoms with E-state index in [0.29, 0.717) is 5.69 Å². The van der Waals surface area contributed by atoms with Gasteiger partial charge in [0, 0.05) is 24.7 Å². The standard InChI is InChI=1S/C16H18N4O2/c21-16(15-11-4-1-2-6-14(11)22-19-15)20-9-3-5-13(20)12-7-8-17-10-18-12/h7-8,10,13H,1-6,9H2/t13-/m1/s1. The van der Waals surface area contributed by atoms with Crippen LogP contribution >= 0.6 is 0 Å². The minimum absolute atomic E-state index is 0.0199. The maximum absolute atomic E-state index is 12.9. The first-order valence-electron chi connectivity index (χ1n) is 7.89. The minimum atomic E-state index is -0.0204. The van der Waals surface area contributed by atoms with Crippen molar-refractivity contribution in [2.45, 2.75) is 44.6 Å². The minimum Gasteiger partial charge on any atom is -0.360 e. The van der Waals surface area contributed by atoms with Gasteiger partial charge >= 0.3 is 0 Å². The predicted octanol–water partition coefficient (Wildman–Crippen LogP) is 2.32. The number of fused-ring (bicyclic) bond motifs is 1. The van der Waals surface area contributed by atoms with E-state index in [1.54, 1.807) is 6.20 Å². The van der Waals surface area contributed by atoms with Gasteiger partial charge in [0.15, 0.2) is 5.69 Å². The van der Waals surface area contributed by atoms with Crippen LogP contribution in [0.15, 0.2) is 23.1 Å². The van der Waals surface area contributed by atoms with Crippen molar-refractivity contribution in [3.63, 3.8) is 0 Å². The van der Waals surface area contributed by atoms with E-state index in [1.165, 1.54) is 6.33 Å². The lowest BCUT2D eigenvalue weighted by Crippen LogP contribution is -2.32. The number of aryl methyl sites for hydroxylation is 1. The van der Waals surface area contributed by atoms with Gasteiger partial charge in [-0.25, -0.2) is 9.97 Å². The smallest absolute Gasteiger partial charge is 0.276 e. The van der Waals surface area contributed by atoms with Gasteiger partial charge in [0.25, 0.3) is 5.91 Å². The van der Waals surface area contributed by atoms with Crippen molar-refractivity contribution in [3.8, 4) is 0 Å². The lowest BCUT2D eigenvalue weighted by Gasteiger charge is -2.23. The first kappa shape index (κ1) is 13.4. The van der Waals surface area contributed by atoms with Gasteiger partial charge in [-0.3, -0.25) is 4.79 Å². The van der Waals surface area contributed by atoms with Crippen LogP contribution in [0.2, 0.25) is 0 Å². The van der Waals surface area contributed by atoms with E-state index in [0.717, 1.165) is 62.1 Å². The van der Waals surface area contributed by atoms with Gasteiger partial charge < -0.3 is 9.42 Å².